The Labute approximate surface area is 198 Å². The third kappa shape index (κ3) is 7.30. The molecule has 0 fully saturated rings. The molecular formula is C23H27Cl3N2O3. The second kappa shape index (κ2) is 12.2. The van der Waals surface area contributed by atoms with Gasteiger partial charge >= 0.3 is 0 Å². The van der Waals surface area contributed by atoms with E-state index in [9.17, 15) is 9.59 Å². The van der Waals surface area contributed by atoms with Gasteiger partial charge in [0.25, 0.3) is 5.91 Å². The van der Waals surface area contributed by atoms with Gasteiger partial charge in [0.05, 0.1) is 0 Å². The molecule has 0 aliphatic carbocycles. The number of halogens is 3. The molecule has 0 aromatic heterocycles. The van der Waals surface area contributed by atoms with Gasteiger partial charge in [-0.3, -0.25) is 9.59 Å². The van der Waals surface area contributed by atoms with Gasteiger partial charge < -0.3 is 15.0 Å². The summed E-state index contributed by atoms with van der Waals surface area (Å²) in [6.07, 6.45) is 1.25. The Morgan fingerprint density at radius 1 is 1.06 bits per heavy atom. The molecule has 0 aliphatic rings. The van der Waals surface area contributed by atoms with Crippen LogP contribution in [0.5, 0.6) is 5.75 Å². The molecule has 1 unspecified atom stereocenters. The number of carbonyl (C=O) groups is 2. The highest BCUT2D eigenvalue weighted by molar-refractivity contribution is 6.35. The van der Waals surface area contributed by atoms with Crippen LogP contribution in [0.4, 0.5) is 0 Å². The van der Waals surface area contributed by atoms with Crippen LogP contribution in [0.2, 0.25) is 15.1 Å². The normalized spacial score (nSPS) is 11.7. The van der Waals surface area contributed by atoms with Crippen molar-refractivity contribution in [2.45, 2.75) is 46.2 Å². The first-order valence-electron chi connectivity index (χ1n) is 10.2. The van der Waals surface area contributed by atoms with Crippen molar-refractivity contribution in [1.82, 2.24) is 10.2 Å². The SMILES string of the molecule is CCCNC(=O)C(CC)N(Cc1ccc(Cl)cc1Cl)C(=O)COc1ccc(Cl)c(C)c1. The van der Waals surface area contributed by atoms with E-state index in [0.717, 1.165) is 12.0 Å². The largest absolute Gasteiger partial charge is 0.484 e. The van der Waals surface area contributed by atoms with Crippen molar-refractivity contribution in [2.75, 3.05) is 13.2 Å². The van der Waals surface area contributed by atoms with E-state index in [0.29, 0.717) is 39.3 Å². The van der Waals surface area contributed by atoms with Crippen molar-refractivity contribution in [2.24, 2.45) is 0 Å². The molecule has 168 valence electrons. The molecule has 0 heterocycles. The number of nitrogens with zero attached hydrogens (tertiary/aromatic N) is 1. The number of hydrogen-bond acceptors (Lipinski definition) is 3. The highest BCUT2D eigenvalue weighted by Crippen LogP contribution is 2.24. The lowest BCUT2D eigenvalue weighted by atomic mass is 10.1. The molecule has 2 rings (SSSR count). The molecule has 2 amide bonds. The minimum atomic E-state index is -0.652. The maximum absolute atomic E-state index is 13.2. The molecular weight excluding hydrogens is 459 g/mol. The van der Waals surface area contributed by atoms with Gasteiger partial charge in [0.2, 0.25) is 5.91 Å². The van der Waals surface area contributed by atoms with E-state index in [1.807, 2.05) is 20.8 Å². The summed E-state index contributed by atoms with van der Waals surface area (Å²) >= 11 is 18.4. The molecule has 0 aliphatic heterocycles. The maximum Gasteiger partial charge on any atom is 0.261 e. The van der Waals surface area contributed by atoms with E-state index in [-0.39, 0.29) is 25.0 Å². The van der Waals surface area contributed by atoms with Gasteiger partial charge in [0.15, 0.2) is 6.61 Å². The standard InChI is InChI=1S/C23H27Cl3N2O3/c1-4-10-27-23(30)21(5-2)28(13-16-6-7-17(24)12-20(16)26)22(29)14-31-18-8-9-19(25)15(3)11-18/h6-9,11-12,21H,4-5,10,13-14H2,1-3H3,(H,27,30). The second-order valence-electron chi connectivity index (χ2n) is 7.17. The average Bonchev–Trinajstić information content (AvgIpc) is 2.74. The summed E-state index contributed by atoms with van der Waals surface area (Å²) in [5.41, 5.74) is 1.55. The van der Waals surface area contributed by atoms with E-state index in [1.54, 1.807) is 36.4 Å². The molecule has 2 aromatic rings. The highest BCUT2D eigenvalue weighted by atomic mass is 35.5. The number of ether oxygens (including phenoxy) is 1. The highest BCUT2D eigenvalue weighted by Gasteiger charge is 2.29. The van der Waals surface area contributed by atoms with Crippen LogP contribution in [0.15, 0.2) is 36.4 Å². The fourth-order valence-corrected chi connectivity index (χ4v) is 3.64. The summed E-state index contributed by atoms with van der Waals surface area (Å²) in [7, 11) is 0. The van der Waals surface area contributed by atoms with Crippen molar-refractivity contribution < 1.29 is 14.3 Å². The zero-order valence-corrected chi connectivity index (χ0v) is 20.2. The quantitative estimate of drug-likeness (QED) is 0.472. The van der Waals surface area contributed by atoms with Gasteiger partial charge in [-0.25, -0.2) is 0 Å². The number of amides is 2. The Bertz CT molecular complexity index is 921. The van der Waals surface area contributed by atoms with Crippen molar-refractivity contribution in [3.05, 3.63) is 62.6 Å². The first-order valence-corrected chi connectivity index (χ1v) is 11.3. The molecule has 5 nitrogen and oxygen atoms in total. The molecule has 31 heavy (non-hydrogen) atoms. The predicted molar refractivity (Wildman–Crippen MR) is 126 cm³/mol. The monoisotopic (exact) mass is 484 g/mol. The Morgan fingerprint density at radius 2 is 1.81 bits per heavy atom. The molecule has 1 atom stereocenters. The molecule has 0 spiro atoms. The maximum atomic E-state index is 13.2. The molecule has 1 N–H and O–H groups in total. The second-order valence-corrected chi connectivity index (χ2v) is 8.42. The Kier molecular flexibility index (Phi) is 9.94. The first kappa shape index (κ1) is 25.3. The minimum absolute atomic E-state index is 0.163. The van der Waals surface area contributed by atoms with Gasteiger partial charge in [-0.1, -0.05) is 54.7 Å². The van der Waals surface area contributed by atoms with Crippen LogP contribution in [0.3, 0.4) is 0 Å². The third-order valence-corrected chi connectivity index (χ3v) is 5.79. The van der Waals surface area contributed by atoms with Gasteiger partial charge in [-0.2, -0.15) is 0 Å². The predicted octanol–water partition coefficient (Wildman–Crippen LogP) is 5.67. The van der Waals surface area contributed by atoms with Crippen LogP contribution in [0.25, 0.3) is 0 Å². The van der Waals surface area contributed by atoms with E-state index in [4.69, 9.17) is 39.5 Å². The van der Waals surface area contributed by atoms with Gasteiger partial charge in [0.1, 0.15) is 11.8 Å². The van der Waals surface area contributed by atoms with E-state index < -0.39 is 6.04 Å². The Balaban J connectivity index is 2.24. The smallest absolute Gasteiger partial charge is 0.261 e. The summed E-state index contributed by atoms with van der Waals surface area (Å²) in [5, 5.41) is 4.43. The van der Waals surface area contributed by atoms with Crippen LogP contribution in [0, 0.1) is 6.92 Å². The zero-order valence-electron chi connectivity index (χ0n) is 17.9. The van der Waals surface area contributed by atoms with Gasteiger partial charge in [-0.05, 0) is 61.2 Å². The summed E-state index contributed by atoms with van der Waals surface area (Å²) in [4.78, 5) is 27.4. The van der Waals surface area contributed by atoms with E-state index >= 15 is 0 Å². The number of aryl methyl sites for hydroxylation is 1. The van der Waals surface area contributed by atoms with Gasteiger partial charge in [-0.15, -0.1) is 0 Å². The molecule has 2 aromatic carbocycles. The number of nitrogens with one attached hydrogen (secondary N) is 1. The topological polar surface area (TPSA) is 58.6 Å². The lowest BCUT2D eigenvalue weighted by Crippen LogP contribution is -2.50. The number of benzene rings is 2. The molecule has 0 saturated carbocycles. The molecule has 0 bridgehead atoms. The average molecular weight is 486 g/mol. The van der Waals surface area contributed by atoms with Crippen LogP contribution >= 0.6 is 34.8 Å². The van der Waals surface area contributed by atoms with Crippen LogP contribution < -0.4 is 10.1 Å². The fraction of sp³-hybridized carbons (Fsp3) is 0.391. The fourth-order valence-electron chi connectivity index (χ4n) is 3.05. The lowest BCUT2D eigenvalue weighted by molar-refractivity contribution is -0.143. The lowest BCUT2D eigenvalue weighted by Gasteiger charge is -2.31. The third-order valence-electron chi connectivity index (χ3n) is 4.78. The summed E-state index contributed by atoms with van der Waals surface area (Å²) in [6, 6.07) is 9.61. The van der Waals surface area contributed by atoms with Crippen molar-refractivity contribution in [3.8, 4) is 5.75 Å². The molecule has 0 saturated heterocycles. The number of rotatable bonds is 10. The molecule has 0 radical (unpaired) electrons. The zero-order chi connectivity index (χ0) is 23.0. The minimum Gasteiger partial charge on any atom is -0.484 e. The molecule has 8 heteroatoms. The first-order chi connectivity index (χ1) is 14.8. The van der Waals surface area contributed by atoms with Crippen molar-refractivity contribution >= 4 is 46.6 Å². The van der Waals surface area contributed by atoms with Crippen LogP contribution in [-0.2, 0) is 16.1 Å². The van der Waals surface area contributed by atoms with Crippen molar-refractivity contribution in [1.29, 1.82) is 0 Å². The van der Waals surface area contributed by atoms with Crippen molar-refractivity contribution in [3.63, 3.8) is 0 Å². The Morgan fingerprint density at radius 3 is 2.42 bits per heavy atom. The van der Waals surface area contributed by atoms with Crippen LogP contribution in [-0.4, -0.2) is 35.9 Å². The summed E-state index contributed by atoms with van der Waals surface area (Å²) < 4.78 is 5.69. The number of carbonyl (C=O) groups excluding carboxylic acids is 2. The number of hydrogen-bond donors (Lipinski definition) is 1. The van der Waals surface area contributed by atoms with Crippen LogP contribution in [0.1, 0.15) is 37.8 Å². The van der Waals surface area contributed by atoms with Gasteiger partial charge in [0, 0.05) is 28.2 Å². The summed E-state index contributed by atoms with van der Waals surface area (Å²) in [6.45, 7) is 6.18. The Hall–Kier alpha value is -1.95. The summed E-state index contributed by atoms with van der Waals surface area (Å²) in [5.74, 6) is 0.00505. The van der Waals surface area contributed by atoms with E-state index in [1.165, 1.54) is 4.90 Å². The van der Waals surface area contributed by atoms with E-state index in [2.05, 4.69) is 5.32 Å².